The van der Waals surface area contributed by atoms with Crippen LogP contribution < -0.4 is 10.6 Å². The standard InChI is InChI=1S/C12H19N3OS/c1-15(2)10(11-4-3-7-17-11)8-13-12(16)14-9-5-6-9/h3-4,7,9-10H,5-6,8H2,1-2H3,(H2,13,14,16). The normalized spacial score (nSPS) is 16.9. The van der Waals surface area contributed by atoms with Crippen LogP contribution in [0.3, 0.4) is 0 Å². The van der Waals surface area contributed by atoms with Crippen LogP contribution in [0.5, 0.6) is 0 Å². The number of carbonyl (C=O) groups excluding carboxylic acids is 1. The first kappa shape index (κ1) is 12.4. The molecule has 1 atom stereocenters. The summed E-state index contributed by atoms with van der Waals surface area (Å²) in [6.45, 7) is 0.645. The first-order chi connectivity index (χ1) is 8.16. The first-order valence-corrected chi connectivity index (χ1v) is 6.79. The van der Waals surface area contributed by atoms with E-state index in [9.17, 15) is 4.79 Å². The third-order valence-electron chi connectivity index (χ3n) is 2.86. The molecule has 0 spiro atoms. The lowest BCUT2D eigenvalue weighted by Gasteiger charge is -2.23. The van der Waals surface area contributed by atoms with Gasteiger partial charge in [-0.1, -0.05) is 6.07 Å². The van der Waals surface area contributed by atoms with E-state index in [1.54, 1.807) is 11.3 Å². The fraction of sp³-hybridized carbons (Fsp3) is 0.583. The maximum atomic E-state index is 11.6. The van der Waals surface area contributed by atoms with Crippen LogP contribution in [0.15, 0.2) is 17.5 Å². The average molecular weight is 253 g/mol. The third kappa shape index (κ3) is 3.71. The van der Waals surface area contributed by atoms with Crippen molar-refractivity contribution in [1.82, 2.24) is 15.5 Å². The highest BCUT2D eigenvalue weighted by Gasteiger charge is 2.23. The minimum Gasteiger partial charge on any atom is -0.336 e. The monoisotopic (exact) mass is 253 g/mol. The fourth-order valence-electron chi connectivity index (χ4n) is 1.67. The Balaban J connectivity index is 1.83. The molecule has 2 N–H and O–H groups in total. The highest BCUT2D eigenvalue weighted by molar-refractivity contribution is 7.10. The Morgan fingerprint density at radius 2 is 2.35 bits per heavy atom. The molecule has 1 aliphatic rings. The fourth-order valence-corrected chi connectivity index (χ4v) is 2.59. The molecule has 0 bridgehead atoms. The largest absolute Gasteiger partial charge is 0.336 e. The van der Waals surface area contributed by atoms with Gasteiger partial charge in [0.2, 0.25) is 0 Å². The molecule has 4 nitrogen and oxygen atoms in total. The zero-order valence-electron chi connectivity index (χ0n) is 10.3. The van der Waals surface area contributed by atoms with Gasteiger partial charge in [-0.25, -0.2) is 4.79 Å². The van der Waals surface area contributed by atoms with E-state index in [2.05, 4.69) is 27.0 Å². The van der Waals surface area contributed by atoms with Gasteiger partial charge in [0.15, 0.2) is 0 Å². The van der Waals surface area contributed by atoms with Crippen LogP contribution in [0.4, 0.5) is 4.79 Å². The van der Waals surface area contributed by atoms with Gasteiger partial charge in [0.05, 0.1) is 6.04 Å². The molecule has 1 heterocycles. The van der Waals surface area contributed by atoms with Crippen molar-refractivity contribution >= 4 is 17.4 Å². The average Bonchev–Trinajstić information content (AvgIpc) is 2.92. The van der Waals surface area contributed by atoms with Crippen molar-refractivity contribution in [1.29, 1.82) is 0 Å². The number of amides is 2. The van der Waals surface area contributed by atoms with Gasteiger partial charge in [-0.3, -0.25) is 0 Å². The summed E-state index contributed by atoms with van der Waals surface area (Å²) in [5.41, 5.74) is 0. The summed E-state index contributed by atoms with van der Waals surface area (Å²) < 4.78 is 0. The van der Waals surface area contributed by atoms with E-state index in [1.807, 2.05) is 20.2 Å². The SMILES string of the molecule is CN(C)C(CNC(=O)NC1CC1)c1cccs1. The molecule has 1 aromatic rings. The van der Waals surface area contributed by atoms with Crippen molar-refractivity contribution in [3.8, 4) is 0 Å². The minimum absolute atomic E-state index is 0.0455. The summed E-state index contributed by atoms with van der Waals surface area (Å²) in [4.78, 5) is 15.0. The second kappa shape index (κ2) is 5.51. The van der Waals surface area contributed by atoms with Crippen molar-refractivity contribution in [2.75, 3.05) is 20.6 Å². The van der Waals surface area contributed by atoms with Crippen LogP contribution in [0.1, 0.15) is 23.8 Å². The van der Waals surface area contributed by atoms with Crippen molar-refractivity contribution in [3.63, 3.8) is 0 Å². The molecule has 0 radical (unpaired) electrons. The van der Waals surface area contributed by atoms with E-state index >= 15 is 0 Å². The Kier molecular flexibility index (Phi) is 4.02. The number of carbonyl (C=O) groups is 1. The van der Waals surface area contributed by atoms with Gasteiger partial charge in [0.1, 0.15) is 0 Å². The molecular weight excluding hydrogens is 234 g/mol. The van der Waals surface area contributed by atoms with Crippen molar-refractivity contribution in [3.05, 3.63) is 22.4 Å². The van der Waals surface area contributed by atoms with Gasteiger partial charge < -0.3 is 15.5 Å². The Bertz CT molecular complexity index is 360. The lowest BCUT2D eigenvalue weighted by atomic mass is 10.2. The highest BCUT2D eigenvalue weighted by atomic mass is 32.1. The molecule has 0 aliphatic heterocycles. The van der Waals surface area contributed by atoms with Crippen LogP contribution in [-0.2, 0) is 0 Å². The Hall–Kier alpha value is -1.07. The molecular formula is C12H19N3OS. The van der Waals surface area contributed by atoms with Gasteiger partial charge >= 0.3 is 6.03 Å². The molecule has 2 amide bonds. The van der Waals surface area contributed by atoms with Crippen LogP contribution in [0.25, 0.3) is 0 Å². The predicted molar refractivity (Wildman–Crippen MR) is 70.3 cm³/mol. The summed E-state index contributed by atoms with van der Waals surface area (Å²) >= 11 is 1.72. The molecule has 0 saturated heterocycles. The van der Waals surface area contributed by atoms with Crippen LogP contribution >= 0.6 is 11.3 Å². The minimum atomic E-state index is -0.0455. The number of urea groups is 1. The maximum Gasteiger partial charge on any atom is 0.315 e. The number of hydrogen-bond acceptors (Lipinski definition) is 3. The summed E-state index contributed by atoms with van der Waals surface area (Å²) in [6, 6.07) is 4.77. The van der Waals surface area contributed by atoms with E-state index < -0.39 is 0 Å². The van der Waals surface area contributed by atoms with Crippen LogP contribution in [0, 0.1) is 0 Å². The Morgan fingerprint density at radius 3 is 2.88 bits per heavy atom. The van der Waals surface area contributed by atoms with Crippen molar-refractivity contribution in [2.45, 2.75) is 24.9 Å². The number of likely N-dealkylation sites (N-methyl/N-ethyl adjacent to an activating group) is 1. The van der Waals surface area contributed by atoms with Gasteiger partial charge in [-0.05, 0) is 38.4 Å². The number of nitrogens with one attached hydrogen (secondary N) is 2. The quantitative estimate of drug-likeness (QED) is 0.840. The molecule has 1 fully saturated rings. The molecule has 1 aromatic heterocycles. The molecule has 1 saturated carbocycles. The second-order valence-electron chi connectivity index (χ2n) is 4.62. The summed E-state index contributed by atoms with van der Waals surface area (Å²) in [5.74, 6) is 0. The van der Waals surface area contributed by atoms with E-state index in [4.69, 9.17) is 0 Å². The molecule has 5 heteroatoms. The van der Waals surface area contributed by atoms with E-state index in [0.717, 1.165) is 12.8 Å². The van der Waals surface area contributed by atoms with Gasteiger partial charge in [-0.2, -0.15) is 0 Å². The highest BCUT2D eigenvalue weighted by Crippen LogP contribution is 2.22. The van der Waals surface area contributed by atoms with Gasteiger partial charge in [-0.15, -0.1) is 11.3 Å². The zero-order valence-corrected chi connectivity index (χ0v) is 11.1. The molecule has 94 valence electrons. The predicted octanol–water partition coefficient (Wildman–Crippen LogP) is 1.81. The van der Waals surface area contributed by atoms with Gasteiger partial charge in [0, 0.05) is 17.5 Å². The van der Waals surface area contributed by atoms with Crippen molar-refractivity contribution < 1.29 is 4.79 Å². The number of rotatable bonds is 5. The lowest BCUT2D eigenvalue weighted by molar-refractivity contribution is 0.233. The van der Waals surface area contributed by atoms with Crippen molar-refractivity contribution in [2.24, 2.45) is 0 Å². The summed E-state index contributed by atoms with van der Waals surface area (Å²) in [7, 11) is 4.07. The second-order valence-corrected chi connectivity index (χ2v) is 5.60. The maximum absolute atomic E-state index is 11.6. The van der Waals surface area contributed by atoms with E-state index in [0.29, 0.717) is 12.6 Å². The topological polar surface area (TPSA) is 44.4 Å². The molecule has 17 heavy (non-hydrogen) atoms. The Morgan fingerprint density at radius 1 is 1.59 bits per heavy atom. The first-order valence-electron chi connectivity index (χ1n) is 5.91. The number of nitrogens with zero attached hydrogens (tertiary/aromatic N) is 1. The summed E-state index contributed by atoms with van der Waals surface area (Å²) in [6.07, 6.45) is 2.24. The summed E-state index contributed by atoms with van der Waals surface area (Å²) in [5, 5.41) is 7.93. The van der Waals surface area contributed by atoms with Crippen LogP contribution in [0.2, 0.25) is 0 Å². The molecule has 1 unspecified atom stereocenters. The van der Waals surface area contributed by atoms with E-state index in [1.165, 1.54) is 4.88 Å². The number of thiophene rings is 1. The zero-order chi connectivity index (χ0) is 12.3. The molecule has 0 aromatic carbocycles. The van der Waals surface area contributed by atoms with Crippen LogP contribution in [-0.4, -0.2) is 37.6 Å². The van der Waals surface area contributed by atoms with Gasteiger partial charge in [0.25, 0.3) is 0 Å². The number of hydrogen-bond donors (Lipinski definition) is 2. The van der Waals surface area contributed by atoms with E-state index in [-0.39, 0.29) is 12.1 Å². The Labute approximate surface area is 106 Å². The molecule has 1 aliphatic carbocycles. The lowest BCUT2D eigenvalue weighted by Crippen LogP contribution is -2.41. The molecule has 2 rings (SSSR count). The third-order valence-corrected chi connectivity index (χ3v) is 3.84. The smallest absolute Gasteiger partial charge is 0.315 e.